The highest BCUT2D eigenvalue weighted by Crippen LogP contribution is 2.10. The molecule has 4 heteroatoms. The summed E-state index contributed by atoms with van der Waals surface area (Å²) in [5.74, 6) is 0.967. The van der Waals surface area contributed by atoms with Crippen LogP contribution >= 0.6 is 0 Å². The van der Waals surface area contributed by atoms with Gasteiger partial charge >= 0.3 is 5.97 Å². The second-order valence-corrected chi connectivity index (χ2v) is 8.34. The molecule has 0 amide bonds. The van der Waals surface area contributed by atoms with E-state index in [1.165, 1.54) is 32.1 Å². The summed E-state index contributed by atoms with van der Waals surface area (Å²) >= 11 is 0. The van der Waals surface area contributed by atoms with Crippen molar-refractivity contribution in [2.24, 2.45) is 5.92 Å². The van der Waals surface area contributed by atoms with E-state index in [0.29, 0.717) is 31.7 Å². The van der Waals surface area contributed by atoms with Crippen LogP contribution in [0.1, 0.15) is 117 Å². The molecule has 0 bridgehead atoms. The lowest BCUT2D eigenvalue weighted by Crippen LogP contribution is -2.06. The first kappa shape index (κ1) is 27.1. The molecule has 0 radical (unpaired) electrons. The Morgan fingerprint density at radius 2 is 1.25 bits per heavy atom. The van der Waals surface area contributed by atoms with Gasteiger partial charge in [0.2, 0.25) is 0 Å². The van der Waals surface area contributed by atoms with E-state index in [0.717, 1.165) is 64.1 Å². The van der Waals surface area contributed by atoms with E-state index in [2.05, 4.69) is 20.8 Å². The molecule has 0 fully saturated rings. The lowest BCUT2D eigenvalue weighted by molar-refractivity contribution is -0.144. The van der Waals surface area contributed by atoms with Crippen LogP contribution in [-0.2, 0) is 19.1 Å². The molecule has 0 unspecified atom stereocenters. The van der Waals surface area contributed by atoms with Gasteiger partial charge in [0.25, 0.3) is 0 Å². The molecule has 0 spiro atoms. The fourth-order valence-electron chi connectivity index (χ4n) is 3.07. The molecule has 0 aliphatic rings. The monoisotopic (exact) mass is 398 g/mol. The zero-order valence-electron chi connectivity index (χ0n) is 18.9. The molecule has 0 rings (SSSR count). The third kappa shape index (κ3) is 21.4. The van der Waals surface area contributed by atoms with Crippen LogP contribution in [0.5, 0.6) is 0 Å². The molecule has 0 aromatic rings. The molecule has 0 heterocycles. The number of esters is 1. The molecule has 4 nitrogen and oxygen atoms in total. The standard InChI is InChI=1S/C24H46O4/c1-4-5-12-19-27-20-14-11-17-23(25)16-9-10-18-24(26)28-21-13-7-6-8-15-22(2)3/h22H,4-21H2,1-3H3. The van der Waals surface area contributed by atoms with Crippen LogP contribution in [-0.4, -0.2) is 31.6 Å². The minimum atomic E-state index is -0.116. The SMILES string of the molecule is CCCCCOCCCCC(=O)CCCCC(=O)OCCCCCCC(C)C. The molecule has 0 saturated carbocycles. The lowest BCUT2D eigenvalue weighted by atomic mass is 10.0. The van der Waals surface area contributed by atoms with E-state index >= 15 is 0 Å². The number of unbranched alkanes of at least 4 members (excludes halogenated alkanes) is 7. The molecule has 0 saturated heterocycles. The summed E-state index contributed by atoms with van der Waals surface area (Å²) < 4.78 is 10.8. The second-order valence-electron chi connectivity index (χ2n) is 8.34. The molecule has 28 heavy (non-hydrogen) atoms. The van der Waals surface area contributed by atoms with Crippen LogP contribution in [0, 0.1) is 5.92 Å². The van der Waals surface area contributed by atoms with Gasteiger partial charge in [-0.15, -0.1) is 0 Å². The van der Waals surface area contributed by atoms with Gasteiger partial charge in [-0.3, -0.25) is 9.59 Å². The van der Waals surface area contributed by atoms with Gasteiger partial charge in [0.1, 0.15) is 5.78 Å². The van der Waals surface area contributed by atoms with E-state index in [-0.39, 0.29) is 5.97 Å². The van der Waals surface area contributed by atoms with E-state index in [1.807, 2.05) is 0 Å². The molecule has 0 atom stereocenters. The first-order valence-corrected chi connectivity index (χ1v) is 11.8. The summed E-state index contributed by atoms with van der Waals surface area (Å²) in [5.41, 5.74) is 0. The Morgan fingerprint density at radius 3 is 1.93 bits per heavy atom. The van der Waals surface area contributed by atoms with Crippen molar-refractivity contribution in [3.63, 3.8) is 0 Å². The number of hydrogen-bond donors (Lipinski definition) is 0. The summed E-state index contributed by atoms with van der Waals surface area (Å²) in [6.45, 7) is 8.84. The average Bonchev–Trinajstić information content (AvgIpc) is 2.66. The Balaban J connectivity index is 3.32. The zero-order valence-corrected chi connectivity index (χ0v) is 18.9. The van der Waals surface area contributed by atoms with Crippen molar-refractivity contribution in [3.8, 4) is 0 Å². The third-order valence-corrected chi connectivity index (χ3v) is 4.91. The summed E-state index contributed by atoms with van der Waals surface area (Å²) in [6, 6.07) is 0. The Hall–Kier alpha value is -0.900. The van der Waals surface area contributed by atoms with Gasteiger partial charge in [-0.2, -0.15) is 0 Å². The Kier molecular flexibility index (Phi) is 20.2. The van der Waals surface area contributed by atoms with Gasteiger partial charge in [0, 0.05) is 32.5 Å². The molecule has 0 aromatic heterocycles. The molecular weight excluding hydrogens is 352 g/mol. The van der Waals surface area contributed by atoms with Crippen molar-refractivity contribution in [2.45, 2.75) is 117 Å². The van der Waals surface area contributed by atoms with Crippen LogP contribution in [0.4, 0.5) is 0 Å². The van der Waals surface area contributed by atoms with Crippen LogP contribution in [0.15, 0.2) is 0 Å². The number of ether oxygens (including phenoxy) is 2. The number of carbonyl (C=O) groups is 2. The molecule has 166 valence electrons. The predicted molar refractivity (Wildman–Crippen MR) is 117 cm³/mol. The van der Waals surface area contributed by atoms with Crippen LogP contribution in [0.2, 0.25) is 0 Å². The van der Waals surface area contributed by atoms with Gasteiger partial charge in [-0.05, 0) is 44.4 Å². The topological polar surface area (TPSA) is 52.6 Å². The zero-order chi connectivity index (χ0) is 20.9. The summed E-state index contributed by atoms with van der Waals surface area (Å²) in [6.07, 6.45) is 14.5. The maximum absolute atomic E-state index is 11.8. The van der Waals surface area contributed by atoms with Crippen LogP contribution in [0.3, 0.4) is 0 Å². The maximum Gasteiger partial charge on any atom is 0.305 e. The van der Waals surface area contributed by atoms with Crippen molar-refractivity contribution in [1.29, 1.82) is 0 Å². The number of rotatable bonds is 21. The maximum atomic E-state index is 11.8. The van der Waals surface area contributed by atoms with Crippen molar-refractivity contribution in [2.75, 3.05) is 19.8 Å². The van der Waals surface area contributed by atoms with Gasteiger partial charge < -0.3 is 9.47 Å². The largest absolute Gasteiger partial charge is 0.466 e. The molecular formula is C24H46O4. The highest BCUT2D eigenvalue weighted by atomic mass is 16.5. The van der Waals surface area contributed by atoms with Crippen molar-refractivity contribution >= 4 is 11.8 Å². The normalized spacial score (nSPS) is 11.1. The summed E-state index contributed by atoms with van der Waals surface area (Å²) in [4.78, 5) is 23.5. The quantitative estimate of drug-likeness (QED) is 0.161. The van der Waals surface area contributed by atoms with E-state index in [9.17, 15) is 9.59 Å². The number of Topliss-reactive ketones (excluding diaryl/α,β-unsaturated/α-hetero) is 1. The first-order chi connectivity index (χ1) is 13.6. The summed E-state index contributed by atoms with van der Waals surface area (Å²) in [7, 11) is 0. The Morgan fingerprint density at radius 1 is 0.679 bits per heavy atom. The lowest BCUT2D eigenvalue weighted by Gasteiger charge is -2.06. The molecule has 0 N–H and O–H groups in total. The summed E-state index contributed by atoms with van der Waals surface area (Å²) in [5, 5.41) is 0. The Labute approximate surface area is 174 Å². The highest BCUT2D eigenvalue weighted by molar-refractivity contribution is 5.78. The first-order valence-electron chi connectivity index (χ1n) is 11.8. The third-order valence-electron chi connectivity index (χ3n) is 4.91. The number of ketones is 1. The van der Waals surface area contributed by atoms with E-state index < -0.39 is 0 Å². The van der Waals surface area contributed by atoms with Crippen LogP contribution in [0.25, 0.3) is 0 Å². The van der Waals surface area contributed by atoms with E-state index in [4.69, 9.17) is 9.47 Å². The van der Waals surface area contributed by atoms with Crippen molar-refractivity contribution < 1.29 is 19.1 Å². The van der Waals surface area contributed by atoms with Gasteiger partial charge in [0.05, 0.1) is 6.61 Å². The minimum Gasteiger partial charge on any atom is -0.466 e. The van der Waals surface area contributed by atoms with Gasteiger partial charge in [-0.25, -0.2) is 0 Å². The van der Waals surface area contributed by atoms with Crippen LogP contribution < -0.4 is 0 Å². The fourth-order valence-corrected chi connectivity index (χ4v) is 3.07. The smallest absolute Gasteiger partial charge is 0.305 e. The molecule has 0 aliphatic carbocycles. The number of hydrogen-bond acceptors (Lipinski definition) is 4. The average molecular weight is 399 g/mol. The fraction of sp³-hybridized carbons (Fsp3) is 0.917. The second kappa shape index (κ2) is 20.8. The van der Waals surface area contributed by atoms with Gasteiger partial charge in [-0.1, -0.05) is 59.3 Å². The molecule has 0 aliphatic heterocycles. The minimum absolute atomic E-state index is 0.116. The Bertz CT molecular complexity index is 366. The number of carbonyl (C=O) groups excluding carboxylic acids is 2. The van der Waals surface area contributed by atoms with Gasteiger partial charge in [0.15, 0.2) is 0 Å². The van der Waals surface area contributed by atoms with Crippen molar-refractivity contribution in [1.82, 2.24) is 0 Å². The molecule has 0 aromatic carbocycles. The van der Waals surface area contributed by atoms with E-state index in [1.54, 1.807) is 0 Å². The van der Waals surface area contributed by atoms with Crippen molar-refractivity contribution in [3.05, 3.63) is 0 Å². The predicted octanol–water partition coefficient (Wildman–Crippen LogP) is 6.64. The highest BCUT2D eigenvalue weighted by Gasteiger charge is 2.06.